The van der Waals surface area contributed by atoms with Crippen LogP contribution in [0, 0.1) is 17.0 Å². The predicted molar refractivity (Wildman–Crippen MR) is 80.7 cm³/mol. The van der Waals surface area contributed by atoms with E-state index in [0.29, 0.717) is 5.56 Å². The van der Waals surface area contributed by atoms with Crippen LogP contribution in [0.5, 0.6) is 5.75 Å². The molecule has 2 aromatic carbocycles. The summed E-state index contributed by atoms with van der Waals surface area (Å²) in [5.41, 5.74) is 2.36. The van der Waals surface area contributed by atoms with E-state index in [2.05, 4.69) is 15.9 Å². The molecule has 5 heteroatoms. The summed E-state index contributed by atoms with van der Waals surface area (Å²) in [4.78, 5) is 10.6. The minimum atomic E-state index is -0.460. The van der Waals surface area contributed by atoms with E-state index in [9.17, 15) is 15.2 Å². The molecule has 2 aromatic rings. The molecule has 0 aliphatic rings. The van der Waals surface area contributed by atoms with Crippen LogP contribution in [0.2, 0.25) is 0 Å². The standard InChI is InChI=1S/C15H14BrNO3/c1-10-2-7-15(18)13(8-10)14(9-17(19)20)11-3-5-12(16)6-4-11/h2-8,14,18H,9H2,1H3. The molecule has 0 amide bonds. The van der Waals surface area contributed by atoms with E-state index < -0.39 is 5.92 Å². The van der Waals surface area contributed by atoms with Gasteiger partial charge >= 0.3 is 0 Å². The van der Waals surface area contributed by atoms with E-state index in [1.54, 1.807) is 18.2 Å². The van der Waals surface area contributed by atoms with Crippen molar-refractivity contribution in [2.75, 3.05) is 6.54 Å². The Morgan fingerprint density at radius 3 is 2.50 bits per heavy atom. The number of benzene rings is 2. The Labute approximate surface area is 125 Å². The lowest BCUT2D eigenvalue weighted by Gasteiger charge is -2.16. The summed E-state index contributed by atoms with van der Waals surface area (Å²) in [5, 5.41) is 20.9. The maximum Gasteiger partial charge on any atom is 0.214 e. The van der Waals surface area contributed by atoms with Crippen molar-refractivity contribution in [1.82, 2.24) is 0 Å². The molecule has 0 aliphatic heterocycles. The van der Waals surface area contributed by atoms with E-state index >= 15 is 0 Å². The molecule has 104 valence electrons. The van der Waals surface area contributed by atoms with Gasteiger partial charge in [0.15, 0.2) is 0 Å². The third kappa shape index (κ3) is 3.36. The fraction of sp³-hybridized carbons (Fsp3) is 0.200. The summed E-state index contributed by atoms with van der Waals surface area (Å²) in [5.74, 6) is -0.372. The van der Waals surface area contributed by atoms with Crippen LogP contribution in [0.1, 0.15) is 22.6 Å². The normalized spacial score (nSPS) is 12.1. The van der Waals surface area contributed by atoms with Gasteiger partial charge in [0.2, 0.25) is 6.54 Å². The first-order chi connectivity index (χ1) is 9.47. The van der Waals surface area contributed by atoms with Crippen molar-refractivity contribution in [3.05, 3.63) is 73.7 Å². The van der Waals surface area contributed by atoms with Gasteiger partial charge in [-0.2, -0.15) is 0 Å². The minimum absolute atomic E-state index is 0.0883. The van der Waals surface area contributed by atoms with Gasteiger partial charge in [0.05, 0.1) is 5.92 Å². The van der Waals surface area contributed by atoms with Gasteiger partial charge in [-0.15, -0.1) is 0 Å². The number of nitro groups is 1. The second-order valence-electron chi connectivity index (χ2n) is 4.68. The molecule has 1 unspecified atom stereocenters. The lowest BCUT2D eigenvalue weighted by Crippen LogP contribution is -2.14. The van der Waals surface area contributed by atoms with Crippen molar-refractivity contribution >= 4 is 15.9 Å². The number of aryl methyl sites for hydroxylation is 1. The SMILES string of the molecule is Cc1ccc(O)c(C(C[N+](=O)[O-])c2ccc(Br)cc2)c1. The lowest BCUT2D eigenvalue weighted by atomic mass is 9.90. The molecule has 20 heavy (non-hydrogen) atoms. The van der Waals surface area contributed by atoms with Crippen LogP contribution in [0.4, 0.5) is 0 Å². The lowest BCUT2D eigenvalue weighted by molar-refractivity contribution is -0.481. The van der Waals surface area contributed by atoms with E-state index in [-0.39, 0.29) is 17.2 Å². The summed E-state index contributed by atoms with van der Waals surface area (Å²) in [6.07, 6.45) is 0. The fourth-order valence-corrected chi connectivity index (χ4v) is 2.44. The van der Waals surface area contributed by atoms with Gasteiger partial charge in [-0.1, -0.05) is 45.8 Å². The van der Waals surface area contributed by atoms with E-state index in [4.69, 9.17) is 0 Å². The zero-order valence-electron chi connectivity index (χ0n) is 10.9. The monoisotopic (exact) mass is 335 g/mol. The van der Waals surface area contributed by atoms with Crippen LogP contribution in [-0.4, -0.2) is 16.6 Å². The Bertz CT molecular complexity index is 626. The molecule has 0 fully saturated rings. The summed E-state index contributed by atoms with van der Waals surface area (Å²) in [6.45, 7) is 1.65. The van der Waals surface area contributed by atoms with Crippen LogP contribution in [0.15, 0.2) is 46.9 Å². The maximum absolute atomic E-state index is 10.9. The molecule has 0 heterocycles. The van der Waals surface area contributed by atoms with Crippen molar-refractivity contribution in [2.45, 2.75) is 12.8 Å². The van der Waals surface area contributed by atoms with Crippen LogP contribution in [0.25, 0.3) is 0 Å². The van der Waals surface area contributed by atoms with Gasteiger partial charge in [0.1, 0.15) is 5.75 Å². The quantitative estimate of drug-likeness (QED) is 0.681. The molecule has 0 aliphatic carbocycles. The Kier molecular flexibility index (Phi) is 4.39. The summed E-state index contributed by atoms with van der Waals surface area (Å²) < 4.78 is 0.912. The van der Waals surface area contributed by atoms with Gasteiger partial charge < -0.3 is 5.11 Å². The predicted octanol–water partition coefficient (Wildman–Crippen LogP) is 3.87. The highest BCUT2D eigenvalue weighted by atomic mass is 79.9. The zero-order chi connectivity index (χ0) is 14.7. The highest BCUT2D eigenvalue weighted by Crippen LogP contribution is 2.32. The fourth-order valence-electron chi connectivity index (χ4n) is 2.18. The van der Waals surface area contributed by atoms with Gasteiger partial charge in [0.25, 0.3) is 0 Å². The van der Waals surface area contributed by atoms with Crippen molar-refractivity contribution in [3.63, 3.8) is 0 Å². The third-order valence-electron chi connectivity index (χ3n) is 3.16. The van der Waals surface area contributed by atoms with E-state index in [1.807, 2.05) is 31.2 Å². The van der Waals surface area contributed by atoms with Crippen LogP contribution < -0.4 is 0 Å². The molecule has 2 rings (SSSR count). The van der Waals surface area contributed by atoms with Crippen molar-refractivity contribution in [2.24, 2.45) is 0 Å². The number of halogens is 1. The average Bonchev–Trinajstić information content (AvgIpc) is 2.40. The average molecular weight is 336 g/mol. The maximum atomic E-state index is 10.9. The van der Waals surface area contributed by atoms with Gasteiger partial charge in [0, 0.05) is 15.0 Å². The van der Waals surface area contributed by atoms with Gasteiger partial charge in [-0.25, -0.2) is 0 Å². The number of nitrogens with zero attached hydrogens (tertiary/aromatic N) is 1. The minimum Gasteiger partial charge on any atom is -0.508 e. The summed E-state index contributed by atoms with van der Waals surface area (Å²) in [6, 6.07) is 12.5. The molecule has 0 radical (unpaired) electrons. The Morgan fingerprint density at radius 2 is 1.90 bits per heavy atom. The number of phenolic OH excluding ortho intramolecular Hbond substituents is 1. The van der Waals surface area contributed by atoms with Crippen LogP contribution >= 0.6 is 15.9 Å². The Balaban J connectivity index is 2.49. The van der Waals surface area contributed by atoms with Crippen molar-refractivity contribution in [1.29, 1.82) is 0 Å². The first-order valence-electron chi connectivity index (χ1n) is 6.14. The van der Waals surface area contributed by atoms with Crippen molar-refractivity contribution in [3.8, 4) is 5.75 Å². The topological polar surface area (TPSA) is 63.4 Å². The molecule has 0 aromatic heterocycles. The third-order valence-corrected chi connectivity index (χ3v) is 3.69. The molecule has 4 nitrogen and oxygen atoms in total. The van der Waals surface area contributed by atoms with Gasteiger partial charge in [-0.3, -0.25) is 10.1 Å². The molecular formula is C15H14BrNO3. The molecule has 1 atom stereocenters. The molecule has 0 saturated carbocycles. The highest BCUT2D eigenvalue weighted by molar-refractivity contribution is 9.10. The zero-order valence-corrected chi connectivity index (χ0v) is 12.5. The highest BCUT2D eigenvalue weighted by Gasteiger charge is 2.23. The largest absolute Gasteiger partial charge is 0.508 e. The van der Waals surface area contributed by atoms with E-state index in [0.717, 1.165) is 15.6 Å². The molecular weight excluding hydrogens is 322 g/mol. The van der Waals surface area contributed by atoms with Gasteiger partial charge in [-0.05, 0) is 30.7 Å². The second-order valence-corrected chi connectivity index (χ2v) is 5.60. The number of rotatable bonds is 4. The summed E-state index contributed by atoms with van der Waals surface area (Å²) in [7, 11) is 0. The molecule has 0 bridgehead atoms. The smallest absolute Gasteiger partial charge is 0.214 e. The van der Waals surface area contributed by atoms with Crippen LogP contribution in [-0.2, 0) is 0 Å². The van der Waals surface area contributed by atoms with Crippen molar-refractivity contribution < 1.29 is 10.0 Å². The number of hydrogen-bond donors (Lipinski definition) is 1. The number of aromatic hydroxyl groups is 1. The number of hydrogen-bond acceptors (Lipinski definition) is 3. The Morgan fingerprint density at radius 1 is 1.25 bits per heavy atom. The van der Waals surface area contributed by atoms with E-state index in [1.165, 1.54) is 0 Å². The summed E-state index contributed by atoms with van der Waals surface area (Å²) >= 11 is 3.34. The molecule has 0 spiro atoms. The first-order valence-corrected chi connectivity index (χ1v) is 6.93. The first kappa shape index (κ1) is 14.5. The molecule has 1 N–H and O–H groups in total. The molecule has 0 saturated heterocycles. The Hall–Kier alpha value is -1.88. The second kappa shape index (κ2) is 6.05. The van der Waals surface area contributed by atoms with Crippen LogP contribution in [0.3, 0.4) is 0 Å². The number of phenols is 1.